The molecule has 1 N–H and O–H groups in total. The Hall–Kier alpha value is -1.69. The van der Waals surface area contributed by atoms with E-state index in [1.165, 1.54) is 12.4 Å². The van der Waals surface area contributed by atoms with Gasteiger partial charge in [0, 0.05) is 20.2 Å². The number of ether oxygens (including phenoxy) is 1. The van der Waals surface area contributed by atoms with E-state index in [2.05, 4.69) is 9.97 Å². The molecule has 0 saturated carbocycles. The lowest BCUT2D eigenvalue weighted by molar-refractivity contribution is 0.0690. The van der Waals surface area contributed by atoms with Gasteiger partial charge in [0.15, 0.2) is 5.69 Å². The normalized spacial score (nSPS) is 20.1. The van der Waals surface area contributed by atoms with Crippen molar-refractivity contribution in [2.45, 2.75) is 12.5 Å². The minimum absolute atomic E-state index is 0.0359. The van der Waals surface area contributed by atoms with E-state index in [0.717, 1.165) is 19.5 Å². The first-order valence-corrected chi connectivity index (χ1v) is 5.04. The van der Waals surface area contributed by atoms with E-state index in [1.807, 2.05) is 4.90 Å². The van der Waals surface area contributed by atoms with Gasteiger partial charge in [0.2, 0.25) is 0 Å². The van der Waals surface area contributed by atoms with Crippen molar-refractivity contribution >= 4 is 11.8 Å². The predicted molar refractivity (Wildman–Crippen MR) is 56.6 cm³/mol. The van der Waals surface area contributed by atoms with Gasteiger partial charge in [-0.25, -0.2) is 14.8 Å². The lowest BCUT2D eigenvalue weighted by Crippen LogP contribution is -2.23. The van der Waals surface area contributed by atoms with Crippen LogP contribution in [0.25, 0.3) is 0 Å². The van der Waals surface area contributed by atoms with E-state index in [1.54, 1.807) is 7.11 Å². The standard InChI is InChI=1S/C10H13N3O3/c1-16-7-2-3-13(6-7)9-5-11-8(4-12-9)10(14)15/h4-5,7H,2-3,6H2,1H3,(H,14,15). The van der Waals surface area contributed by atoms with Crippen molar-refractivity contribution in [2.24, 2.45) is 0 Å². The first kappa shape index (κ1) is 10.8. The van der Waals surface area contributed by atoms with Gasteiger partial charge in [-0.3, -0.25) is 0 Å². The Morgan fingerprint density at radius 1 is 1.56 bits per heavy atom. The highest BCUT2D eigenvalue weighted by Crippen LogP contribution is 2.18. The number of anilines is 1. The zero-order valence-corrected chi connectivity index (χ0v) is 8.96. The van der Waals surface area contributed by atoms with E-state index in [-0.39, 0.29) is 11.8 Å². The lowest BCUT2D eigenvalue weighted by Gasteiger charge is -2.16. The quantitative estimate of drug-likeness (QED) is 0.799. The van der Waals surface area contributed by atoms with Crippen LogP contribution in [0.2, 0.25) is 0 Å². The van der Waals surface area contributed by atoms with E-state index < -0.39 is 5.97 Å². The second-order valence-corrected chi connectivity index (χ2v) is 3.66. The number of carboxylic acids is 1. The van der Waals surface area contributed by atoms with Crippen LogP contribution in [0.5, 0.6) is 0 Å². The smallest absolute Gasteiger partial charge is 0.356 e. The fourth-order valence-corrected chi connectivity index (χ4v) is 1.72. The molecule has 0 spiro atoms. The van der Waals surface area contributed by atoms with Crippen molar-refractivity contribution in [3.8, 4) is 0 Å². The van der Waals surface area contributed by atoms with Crippen LogP contribution < -0.4 is 4.90 Å². The van der Waals surface area contributed by atoms with Gasteiger partial charge in [0.05, 0.1) is 18.5 Å². The van der Waals surface area contributed by atoms with E-state index >= 15 is 0 Å². The Morgan fingerprint density at radius 3 is 2.88 bits per heavy atom. The van der Waals surface area contributed by atoms with Gasteiger partial charge >= 0.3 is 5.97 Å². The minimum atomic E-state index is -1.06. The van der Waals surface area contributed by atoms with E-state index in [0.29, 0.717) is 5.82 Å². The zero-order valence-electron chi connectivity index (χ0n) is 8.96. The molecule has 1 fully saturated rings. The molecular formula is C10H13N3O3. The van der Waals surface area contributed by atoms with Gasteiger partial charge in [0.1, 0.15) is 5.82 Å². The first-order chi connectivity index (χ1) is 7.70. The summed E-state index contributed by atoms with van der Waals surface area (Å²) in [6.07, 6.45) is 3.94. The summed E-state index contributed by atoms with van der Waals surface area (Å²) < 4.78 is 5.24. The van der Waals surface area contributed by atoms with Gasteiger partial charge in [-0.05, 0) is 6.42 Å². The van der Waals surface area contributed by atoms with Crippen LogP contribution in [0.1, 0.15) is 16.9 Å². The van der Waals surface area contributed by atoms with Crippen molar-refractivity contribution in [3.63, 3.8) is 0 Å². The Kier molecular flexibility index (Phi) is 3.00. The molecule has 1 unspecified atom stereocenters. The molecule has 1 atom stereocenters. The topological polar surface area (TPSA) is 75.5 Å². The summed E-state index contributed by atoms with van der Waals surface area (Å²) in [5, 5.41) is 8.69. The Balaban J connectivity index is 2.08. The molecule has 0 radical (unpaired) electrons. The van der Waals surface area contributed by atoms with Crippen molar-refractivity contribution in [3.05, 3.63) is 18.1 Å². The van der Waals surface area contributed by atoms with Crippen LogP contribution in [0.3, 0.4) is 0 Å². The lowest BCUT2D eigenvalue weighted by atomic mass is 10.3. The Morgan fingerprint density at radius 2 is 2.38 bits per heavy atom. The maximum absolute atomic E-state index is 10.6. The second kappa shape index (κ2) is 4.44. The summed E-state index contributed by atoms with van der Waals surface area (Å²) in [5.74, 6) is -0.361. The number of hydrogen-bond donors (Lipinski definition) is 1. The van der Waals surface area contributed by atoms with Crippen molar-refractivity contribution in [1.82, 2.24) is 9.97 Å². The van der Waals surface area contributed by atoms with Crippen LogP contribution in [0, 0.1) is 0 Å². The second-order valence-electron chi connectivity index (χ2n) is 3.66. The highest BCUT2D eigenvalue weighted by atomic mass is 16.5. The third-order valence-electron chi connectivity index (χ3n) is 2.66. The predicted octanol–water partition coefficient (Wildman–Crippen LogP) is 0.400. The molecule has 6 heteroatoms. The zero-order chi connectivity index (χ0) is 11.5. The summed E-state index contributed by atoms with van der Waals surface area (Å²) in [6.45, 7) is 1.64. The number of aromatic carboxylic acids is 1. The fraction of sp³-hybridized carbons (Fsp3) is 0.500. The van der Waals surface area contributed by atoms with E-state index in [4.69, 9.17) is 9.84 Å². The van der Waals surface area contributed by atoms with Crippen molar-refractivity contribution in [2.75, 3.05) is 25.1 Å². The molecule has 1 saturated heterocycles. The number of hydrogen-bond acceptors (Lipinski definition) is 5. The molecule has 6 nitrogen and oxygen atoms in total. The molecule has 1 aliphatic heterocycles. The van der Waals surface area contributed by atoms with Gasteiger partial charge in [-0.2, -0.15) is 0 Å². The summed E-state index contributed by atoms with van der Waals surface area (Å²) in [6, 6.07) is 0. The molecule has 1 aromatic heterocycles. The van der Waals surface area contributed by atoms with Crippen LogP contribution in [0.15, 0.2) is 12.4 Å². The van der Waals surface area contributed by atoms with Crippen LogP contribution in [-0.2, 0) is 4.74 Å². The average Bonchev–Trinajstić information content (AvgIpc) is 2.77. The highest BCUT2D eigenvalue weighted by Gasteiger charge is 2.23. The minimum Gasteiger partial charge on any atom is -0.476 e. The summed E-state index contributed by atoms with van der Waals surface area (Å²) in [7, 11) is 1.69. The fourth-order valence-electron chi connectivity index (χ4n) is 1.72. The van der Waals surface area contributed by atoms with E-state index in [9.17, 15) is 4.79 Å². The Labute approximate surface area is 92.9 Å². The van der Waals surface area contributed by atoms with Gasteiger partial charge in [0.25, 0.3) is 0 Å². The first-order valence-electron chi connectivity index (χ1n) is 5.04. The Bertz CT molecular complexity index is 379. The van der Waals surface area contributed by atoms with Crippen LogP contribution in [-0.4, -0.2) is 47.3 Å². The number of methoxy groups -OCH3 is 1. The SMILES string of the molecule is COC1CCN(c2cnc(C(=O)O)cn2)C1. The molecule has 1 aliphatic rings. The van der Waals surface area contributed by atoms with Crippen LogP contribution >= 0.6 is 0 Å². The summed E-state index contributed by atoms with van der Waals surface area (Å²) in [5.41, 5.74) is -0.0359. The summed E-state index contributed by atoms with van der Waals surface area (Å²) >= 11 is 0. The molecular weight excluding hydrogens is 210 g/mol. The van der Waals surface area contributed by atoms with Gasteiger partial charge in [-0.1, -0.05) is 0 Å². The molecule has 0 aliphatic carbocycles. The molecule has 0 amide bonds. The molecule has 2 heterocycles. The maximum Gasteiger partial charge on any atom is 0.356 e. The molecule has 0 aromatic carbocycles. The number of carboxylic acid groups (broad SMARTS) is 1. The molecule has 0 bridgehead atoms. The van der Waals surface area contributed by atoms with Gasteiger partial charge in [-0.15, -0.1) is 0 Å². The molecule has 16 heavy (non-hydrogen) atoms. The average molecular weight is 223 g/mol. The number of rotatable bonds is 3. The maximum atomic E-state index is 10.6. The molecule has 86 valence electrons. The number of carbonyl (C=O) groups is 1. The summed E-state index contributed by atoms with van der Waals surface area (Å²) in [4.78, 5) is 20.5. The number of aromatic nitrogens is 2. The third-order valence-corrected chi connectivity index (χ3v) is 2.66. The third kappa shape index (κ3) is 2.11. The van der Waals surface area contributed by atoms with Gasteiger partial charge < -0.3 is 14.7 Å². The van der Waals surface area contributed by atoms with Crippen LogP contribution in [0.4, 0.5) is 5.82 Å². The van der Waals surface area contributed by atoms with Crippen molar-refractivity contribution in [1.29, 1.82) is 0 Å². The van der Waals surface area contributed by atoms with Crippen molar-refractivity contribution < 1.29 is 14.6 Å². The monoisotopic (exact) mass is 223 g/mol. The molecule has 1 aromatic rings. The highest BCUT2D eigenvalue weighted by molar-refractivity contribution is 5.84. The number of nitrogens with zero attached hydrogens (tertiary/aromatic N) is 3. The molecule has 2 rings (SSSR count). The largest absolute Gasteiger partial charge is 0.476 e.